The number of carbonyl (C=O) groups excluding carboxylic acids is 3. The maximum absolute atomic E-state index is 12.5. The molecular weight excluding hydrogens is 416 g/mol. The van der Waals surface area contributed by atoms with Crippen LogP contribution in [0.4, 0.5) is 0 Å². The van der Waals surface area contributed by atoms with Gasteiger partial charge in [-0.3, -0.25) is 14.4 Å². The van der Waals surface area contributed by atoms with E-state index in [1.807, 2.05) is 6.26 Å². The van der Waals surface area contributed by atoms with Crippen LogP contribution in [0, 0.1) is 5.92 Å². The molecule has 0 bridgehead atoms. The average molecular weight is 451 g/mol. The fraction of sp³-hybridized carbons (Fsp3) is 0.778. The number of aliphatic hydroxyl groups is 2. The molecule has 0 aromatic heterocycles. The largest absolute Gasteiger partial charge is 0.480 e. The van der Waals surface area contributed by atoms with Crippen molar-refractivity contribution in [3.63, 3.8) is 0 Å². The fourth-order valence-corrected chi connectivity index (χ4v) is 2.95. The highest BCUT2D eigenvalue weighted by molar-refractivity contribution is 7.98. The van der Waals surface area contributed by atoms with Gasteiger partial charge >= 0.3 is 5.97 Å². The van der Waals surface area contributed by atoms with Gasteiger partial charge in [0.05, 0.1) is 18.8 Å². The van der Waals surface area contributed by atoms with Crippen LogP contribution in [0.15, 0.2) is 0 Å². The topological polar surface area (TPSA) is 191 Å². The maximum atomic E-state index is 12.5. The Kier molecular flexibility index (Phi) is 13.3. The molecule has 0 aromatic rings. The Morgan fingerprint density at radius 2 is 1.53 bits per heavy atom. The summed E-state index contributed by atoms with van der Waals surface area (Å²) in [5, 5.41) is 35.4. The zero-order valence-corrected chi connectivity index (χ0v) is 18.6. The van der Waals surface area contributed by atoms with Crippen LogP contribution in [0.5, 0.6) is 0 Å². The van der Waals surface area contributed by atoms with Gasteiger partial charge in [0.2, 0.25) is 17.7 Å². The Labute approximate surface area is 180 Å². The fourth-order valence-electron chi connectivity index (χ4n) is 2.46. The van der Waals surface area contributed by atoms with E-state index < -0.39 is 60.6 Å². The number of amides is 3. The first-order valence-corrected chi connectivity index (χ1v) is 11.0. The summed E-state index contributed by atoms with van der Waals surface area (Å²) in [6.07, 6.45) is 1.08. The molecule has 0 aromatic carbocycles. The molecule has 12 heteroatoms. The van der Waals surface area contributed by atoms with Gasteiger partial charge in [0.15, 0.2) is 0 Å². The molecule has 3 amide bonds. The van der Waals surface area contributed by atoms with Crippen molar-refractivity contribution in [2.75, 3.05) is 18.6 Å². The minimum absolute atomic E-state index is 0.0151. The van der Waals surface area contributed by atoms with Crippen LogP contribution < -0.4 is 21.7 Å². The summed E-state index contributed by atoms with van der Waals surface area (Å²) in [6, 6.07) is -4.94. The molecular formula is C18H34N4O7S. The number of carbonyl (C=O) groups is 4. The second-order valence-corrected chi connectivity index (χ2v) is 8.37. The van der Waals surface area contributed by atoms with Crippen LogP contribution in [-0.4, -0.2) is 87.9 Å². The van der Waals surface area contributed by atoms with Gasteiger partial charge in [0.1, 0.15) is 18.1 Å². The highest BCUT2D eigenvalue weighted by Gasteiger charge is 2.32. The van der Waals surface area contributed by atoms with Gasteiger partial charge in [0, 0.05) is 0 Å². The molecule has 0 fully saturated rings. The lowest BCUT2D eigenvalue weighted by molar-refractivity contribution is -0.143. The third-order valence-electron chi connectivity index (χ3n) is 4.17. The first-order valence-electron chi connectivity index (χ1n) is 9.61. The summed E-state index contributed by atoms with van der Waals surface area (Å²) in [5.41, 5.74) is 5.75. The maximum Gasteiger partial charge on any atom is 0.326 e. The van der Waals surface area contributed by atoms with E-state index in [1.54, 1.807) is 13.8 Å². The SMILES string of the molecule is CSCCC(N)C(=O)NC(C(=O)NC(CO)C(=O)NC(CC(C)C)C(=O)O)C(C)O. The third kappa shape index (κ3) is 10.2. The van der Waals surface area contributed by atoms with Crippen LogP contribution in [0.25, 0.3) is 0 Å². The minimum atomic E-state index is -1.46. The summed E-state index contributed by atoms with van der Waals surface area (Å²) < 4.78 is 0. The van der Waals surface area contributed by atoms with Crippen LogP contribution in [0.1, 0.15) is 33.6 Å². The Morgan fingerprint density at radius 1 is 0.967 bits per heavy atom. The second-order valence-electron chi connectivity index (χ2n) is 7.39. The second kappa shape index (κ2) is 14.2. The van der Waals surface area contributed by atoms with E-state index in [4.69, 9.17) is 5.73 Å². The lowest BCUT2D eigenvalue weighted by atomic mass is 10.0. The molecule has 11 nitrogen and oxygen atoms in total. The molecule has 30 heavy (non-hydrogen) atoms. The molecule has 0 heterocycles. The number of thioether (sulfide) groups is 1. The van der Waals surface area contributed by atoms with Crippen molar-refractivity contribution in [1.82, 2.24) is 16.0 Å². The quantitative estimate of drug-likeness (QED) is 0.157. The van der Waals surface area contributed by atoms with Gasteiger partial charge in [-0.25, -0.2) is 4.79 Å². The van der Waals surface area contributed by atoms with E-state index in [9.17, 15) is 34.5 Å². The number of aliphatic carboxylic acids is 1. The molecule has 0 radical (unpaired) electrons. The molecule has 0 aliphatic rings. The van der Waals surface area contributed by atoms with Crippen LogP contribution in [0.2, 0.25) is 0 Å². The Hall–Kier alpha value is -1.89. The van der Waals surface area contributed by atoms with Crippen molar-refractivity contribution in [1.29, 1.82) is 0 Å². The number of carboxylic acids is 1. The number of nitrogens with one attached hydrogen (secondary N) is 3. The Morgan fingerprint density at radius 3 is 1.97 bits per heavy atom. The van der Waals surface area contributed by atoms with Crippen molar-refractivity contribution >= 4 is 35.5 Å². The van der Waals surface area contributed by atoms with E-state index in [1.165, 1.54) is 18.7 Å². The summed E-state index contributed by atoms with van der Waals surface area (Å²) in [5.74, 6) is -3.08. The lowest BCUT2D eigenvalue weighted by Crippen LogP contribution is -2.60. The van der Waals surface area contributed by atoms with E-state index in [0.717, 1.165) is 0 Å². The van der Waals surface area contributed by atoms with E-state index in [2.05, 4.69) is 16.0 Å². The molecule has 5 atom stereocenters. The van der Waals surface area contributed by atoms with Gasteiger partial charge in [-0.2, -0.15) is 11.8 Å². The van der Waals surface area contributed by atoms with Gasteiger partial charge < -0.3 is 37.0 Å². The monoisotopic (exact) mass is 450 g/mol. The van der Waals surface area contributed by atoms with Crippen molar-refractivity contribution in [2.24, 2.45) is 11.7 Å². The van der Waals surface area contributed by atoms with E-state index >= 15 is 0 Å². The van der Waals surface area contributed by atoms with Crippen LogP contribution in [-0.2, 0) is 19.2 Å². The minimum Gasteiger partial charge on any atom is -0.480 e. The molecule has 0 rings (SSSR count). The van der Waals surface area contributed by atoms with Crippen LogP contribution >= 0.6 is 11.8 Å². The number of aliphatic hydroxyl groups excluding tert-OH is 2. The third-order valence-corrected chi connectivity index (χ3v) is 4.81. The number of rotatable bonds is 14. The van der Waals surface area contributed by atoms with Gasteiger partial charge in [-0.05, 0) is 37.7 Å². The summed E-state index contributed by atoms with van der Waals surface area (Å²) >= 11 is 1.50. The first kappa shape index (κ1) is 28.1. The van der Waals surface area contributed by atoms with Crippen molar-refractivity contribution in [2.45, 2.75) is 63.9 Å². The molecule has 0 saturated heterocycles. The normalized spacial score (nSPS) is 16.1. The molecule has 5 unspecified atom stereocenters. The highest BCUT2D eigenvalue weighted by Crippen LogP contribution is 2.06. The standard InChI is InChI=1S/C18H34N4O7S/c1-9(2)7-12(18(28)29)20-16(26)13(8-23)21-17(27)14(10(3)24)22-15(25)11(19)5-6-30-4/h9-14,23-24H,5-8,19H2,1-4H3,(H,20,26)(H,21,27)(H,22,25)(H,28,29). The van der Waals surface area contributed by atoms with Gasteiger partial charge in [0.25, 0.3) is 0 Å². The van der Waals surface area contributed by atoms with Crippen molar-refractivity contribution in [3.05, 3.63) is 0 Å². The number of carboxylic acid groups (broad SMARTS) is 1. The van der Waals surface area contributed by atoms with Crippen LogP contribution in [0.3, 0.4) is 0 Å². The summed E-state index contributed by atoms with van der Waals surface area (Å²) in [7, 11) is 0. The smallest absolute Gasteiger partial charge is 0.326 e. The molecule has 8 N–H and O–H groups in total. The zero-order valence-electron chi connectivity index (χ0n) is 17.8. The molecule has 0 spiro atoms. The predicted octanol–water partition coefficient (Wildman–Crippen LogP) is -1.97. The summed E-state index contributed by atoms with van der Waals surface area (Å²) in [6.45, 7) is 4.04. The Balaban J connectivity index is 5.11. The number of hydrogen-bond acceptors (Lipinski definition) is 8. The van der Waals surface area contributed by atoms with Gasteiger partial charge in [-0.15, -0.1) is 0 Å². The molecule has 0 aliphatic carbocycles. The Bertz CT molecular complexity index is 589. The molecule has 0 saturated carbocycles. The predicted molar refractivity (Wildman–Crippen MR) is 113 cm³/mol. The van der Waals surface area contributed by atoms with Crippen molar-refractivity contribution in [3.8, 4) is 0 Å². The average Bonchev–Trinajstić information content (AvgIpc) is 2.66. The molecule has 0 aliphatic heterocycles. The number of hydrogen-bond donors (Lipinski definition) is 7. The zero-order chi connectivity index (χ0) is 23.4. The first-order chi connectivity index (χ1) is 13.9. The van der Waals surface area contributed by atoms with Gasteiger partial charge in [-0.1, -0.05) is 13.8 Å². The summed E-state index contributed by atoms with van der Waals surface area (Å²) in [4.78, 5) is 48.3. The van der Waals surface area contributed by atoms with E-state index in [0.29, 0.717) is 12.2 Å². The van der Waals surface area contributed by atoms with Crippen molar-refractivity contribution < 1.29 is 34.5 Å². The molecule has 174 valence electrons. The lowest BCUT2D eigenvalue weighted by Gasteiger charge is -2.26. The number of nitrogens with two attached hydrogens (primary N) is 1. The highest BCUT2D eigenvalue weighted by atomic mass is 32.2. The van der Waals surface area contributed by atoms with E-state index in [-0.39, 0.29) is 12.3 Å².